The van der Waals surface area contributed by atoms with Crippen LogP contribution in [0, 0.1) is 0 Å². The molecule has 4 aliphatic carbocycles. The van der Waals surface area contributed by atoms with Gasteiger partial charge in [-0.25, -0.2) is 22.0 Å². The van der Waals surface area contributed by atoms with E-state index in [0.717, 1.165) is 0 Å². The van der Waals surface area contributed by atoms with Gasteiger partial charge in [0.25, 0.3) is 0 Å². The van der Waals surface area contributed by atoms with Gasteiger partial charge in [-0.3, -0.25) is 0 Å². The summed E-state index contributed by atoms with van der Waals surface area (Å²) in [6, 6.07) is 0. The highest BCUT2D eigenvalue weighted by Crippen LogP contribution is 2.88. The van der Waals surface area contributed by atoms with E-state index < -0.39 is 71.3 Å². The molecule has 0 atom stereocenters. The van der Waals surface area contributed by atoms with Gasteiger partial charge in [0, 0.05) is 6.54 Å². The minimum Gasteiger partial charge on any atom is -0.339 e. The Labute approximate surface area is 149 Å². The Morgan fingerprint density at radius 3 is 0.931 bits per heavy atom. The predicted molar refractivity (Wildman–Crippen MR) is 58.9 cm³/mol. The van der Waals surface area contributed by atoms with E-state index in [2.05, 4.69) is 10.5 Å². The Morgan fingerprint density at radius 2 is 0.690 bits per heavy atom. The standard InChI is InChI=1S/C12H6F15NO/c13-3-7(17,18)4(14)10(23,24)5(15,8(3,19)20)12(27,29-2-1-28)6(16,9(3,21)22)11(4,25)26/h1-2,28H2. The molecule has 4 bridgehead atoms. The fourth-order valence-electron chi connectivity index (χ4n) is 4.21. The zero-order valence-corrected chi connectivity index (χ0v) is 13.1. The quantitative estimate of drug-likeness (QED) is 0.646. The molecule has 0 aliphatic heterocycles. The Morgan fingerprint density at radius 1 is 0.448 bits per heavy atom. The van der Waals surface area contributed by atoms with E-state index in [9.17, 15) is 65.9 Å². The first-order chi connectivity index (χ1) is 12.6. The van der Waals surface area contributed by atoms with Crippen molar-refractivity contribution in [3.63, 3.8) is 0 Å². The van der Waals surface area contributed by atoms with Gasteiger partial charge in [0.1, 0.15) is 0 Å². The lowest BCUT2D eigenvalue weighted by molar-refractivity contribution is -0.617. The first kappa shape index (κ1) is 22.6. The third kappa shape index (κ3) is 1.33. The summed E-state index contributed by atoms with van der Waals surface area (Å²) in [7, 11) is 0. The lowest BCUT2D eigenvalue weighted by Crippen LogP contribution is -3.09. The van der Waals surface area contributed by atoms with Crippen molar-refractivity contribution in [2.24, 2.45) is 5.73 Å². The summed E-state index contributed by atoms with van der Waals surface area (Å²) in [6.45, 7) is -3.31. The van der Waals surface area contributed by atoms with Crippen LogP contribution in [0.1, 0.15) is 0 Å². The largest absolute Gasteiger partial charge is 0.339 e. The van der Waals surface area contributed by atoms with Crippen LogP contribution in [0.15, 0.2) is 0 Å². The monoisotopic (exact) mass is 465 g/mol. The van der Waals surface area contributed by atoms with Crippen molar-refractivity contribution in [2.75, 3.05) is 13.2 Å². The Bertz CT molecular complexity index is 676. The highest BCUT2D eigenvalue weighted by atomic mass is 19.3. The van der Waals surface area contributed by atoms with Crippen LogP contribution in [0.2, 0.25) is 0 Å². The van der Waals surface area contributed by atoms with Gasteiger partial charge in [-0.05, 0) is 0 Å². The molecule has 170 valence electrons. The number of rotatable bonds is 3. The van der Waals surface area contributed by atoms with Gasteiger partial charge in [0.15, 0.2) is 0 Å². The van der Waals surface area contributed by atoms with Gasteiger partial charge in [-0.1, -0.05) is 0 Å². The molecular formula is C12H6F15NO. The molecule has 4 aliphatic rings. The summed E-state index contributed by atoms with van der Waals surface area (Å²) in [5.74, 6) is -45.6. The van der Waals surface area contributed by atoms with Crippen molar-refractivity contribution in [2.45, 2.75) is 58.1 Å². The van der Waals surface area contributed by atoms with Crippen LogP contribution in [0.4, 0.5) is 65.9 Å². The molecule has 4 rings (SSSR count). The molecule has 2 N–H and O–H groups in total. The number of hydrogen-bond donors (Lipinski definition) is 1. The molecule has 0 amide bonds. The van der Waals surface area contributed by atoms with E-state index in [-0.39, 0.29) is 0 Å². The molecule has 0 aromatic heterocycles. The maximum atomic E-state index is 14.9. The molecule has 0 radical (unpaired) electrons. The second-order valence-electron chi connectivity index (χ2n) is 6.74. The predicted octanol–water partition coefficient (Wildman–Crippen LogP) is 3.68. The van der Waals surface area contributed by atoms with Crippen molar-refractivity contribution in [1.82, 2.24) is 0 Å². The Hall–Kier alpha value is -1.13. The minimum absolute atomic E-state index is 1.32. The zero-order valence-electron chi connectivity index (χ0n) is 13.1. The van der Waals surface area contributed by atoms with Crippen molar-refractivity contribution >= 4 is 0 Å². The molecule has 0 spiro atoms. The van der Waals surface area contributed by atoms with E-state index in [4.69, 9.17) is 0 Å². The number of hydrogen-bond acceptors (Lipinski definition) is 2. The third-order valence-corrected chi connectivity index (χ3v) is 5.63. The highest BCUT2D eigenvalue weighted by Gasteiger charge is 3.23. The lowest BCUT2D eigenvalue weighted by Gasteiger charge is -2.74. The molecular weight excluding hydrogens is 459 g/mol. The third-order valence-electron chi connectivity index (χ3n) is 5.63. The van der Waals surface area contributed by atoms with Gasteiger partial charge in [-0.15, -0.1) is 0 Å². The van der Waals surface area contributed by atoms with Crippen LogP contribution in [0.25, 0.3) is 0 Å². The average molecular weight is 465 g/mol. The molecule has 0 heterocycles. The van der Waals surface area contributed by atoms with E-state index in [1.165, 1.54) is 0 Å². The molecule has 29 heavy (non-hydrogen) atoms. The number of nitrogens with two attached hydrogens (primary N) is 1. The topological polar surface area (TPSA) is 35.2 Å². The highest BCUT2D eigenvalue weighted by molar-refractivity contribution is 5.54. The fraction of sp³-hybridized carbons (Fsp3) is 1.00. The van der Waals surface area contributed by atoms with Crippen molar-refractivity contribution in [3.05, 3.63) is 0 Å². The summed E-state index contributed by atoms with van der Waals surface area (Å²) in [5.41, 5.74) is -25.7. The number of alkyl halides is 15. The fourth-order valence-corrected chi connectivity index (χ4v) is 4.21. The average Bonchev–Trinajstić information content (AvgIpc) is 2.58. The first-order valence-electron chi connectivity index (χ1n) is 7.24. The second-order valence-corrected chi connectivity index (χ2v) is 6.74. The normalized spacial score (nSPS) is 52.6. The van der Waals surface area contributed by atoms with Crippen molar-refractivity contribution in [1.29, 1.82) is 0 Å². The molecule has 17 heteroatoms. The zero-order chi connectivity index (χ0) is 23.1. The number of ether oxygens (including phenoxy) is 1. The molecule has 0 saturated heterocycles. The van der Waals surface area contributed by atoms with Gasteiger partial charge < -0.3 is 10.5 Å². The molecule has 0 aromatic rings. The van der Waals surface area contributed by atoms with Crippen LogP contribution in [0.3, 0.4) is 0 Å². The van der Waals surface area contributed by atoms with Gasteiger partial charge in [0.05, 0.1) is 6.61 Å². The van der Waals surface area contributed by atoms with E-state index in [0.29, 0.717) is 0 Å². The summed E-state index contributed by atoms with van der Waals surface area (Å²) in [4.78, 5) is 0. The van der Waals surface area contributed by atoms with E-state index in [1.807, 2.05) is 0 Å². The molecule has 0 unspecified atom stereocenters. The van der Waals surface area contributed by atoms with Crippen LogP contribution in [-0.4, -0.2) is 71.3 Å². The van der Waals surface area contributed by atoms with Crippen LogP contribution in [0.5, 0.6) is 0 Å². The maximum absolute atomic E-state index is 14.9. The lowest BCUT2D eigenvalue weighted by atomic mass is 9.40. The molecule has 4 saturated carbocycles. The summed E-state index contributed by atoms with van der Waals surface area (Å²) >= 11 is 0. The Kier molecular flexibility index (Phi) is 3.65. The molecule has 4 fully saturated rings. The van der Waals surface area contributed by atoms with Crippen molar-refractivity contribution in [3.8, 4) is 0 Å². The molecule has 0 aromatic carbocycles. The van der Waals surface area contributed by atoms with Crippen LogP contribution in [-0.2, 0) is 4.74 Å². The molecule has 2 nitrogen and oxygen atoms in total. The summed E-state index contributed by atoms with van der Waals surface area (Å²) in [6.07, 6.45) is 0. The van der Waals surface area contributed by atoms with Gasteiger partial charge in [-0.2, -0.15) is 43.9 Å². The smallest absolute Gasteiger partial charge is 0.339 e. The van der Waals surface area contributed by atoms with Gasteiger partial charge in [0.2, 0.25) is 0 Å². The summed E-state index contributed by atoms with van der Waals surface area (Å²) < 4.78 is 218. The maximum Gasteiger partial charge on any atom is 0.339 e. The number of halogens is 15. The van der Waals surface area contributed by atoms with Crippen LogP contribution < -0.4 is 5.73 Å². The van der Waals surface area contributed by atoms with E-state index in [1.54, 1.807) is 0 Å². The Balaban J connectivity index is 2.64. The SMILES string of the molecule is NCCOC1(F)C2(F)C(F)(F)C3(F)C(F)(F)C(F)(C2(F)F)C(F)(F)C1(F)C3(F)F. The van der Waals surface area contributed by atoms with Crippen LogP contribution >= 0.6 is 0 Å². The van der Waals surface area contributed by atoms with Crippen molar-refractivity contribution < 1.29 is 70.6 Å². The van der Waals surface area contributed by atoms with E-state index >= 15 is 0 Å². The second kappa shape index (κ2) is 4.70. The first-order valence-corrected chi connectivity index (χ1v) is 7.24. The van der Waals surface area contributed by atoms with Gasteiger partial charge >= 0.3 is 58.1 Å². The summed E-state index contributed by atoms with van der Waals surface area (Å²) in [5, 5.41) is 0. The minimum atomic E-state index is -7.83.